The minimum absolute atomic E-state index is 0.179. The molecule has 1 aliphatic rings. The first-order valence-electron chi connectivity index (χ1n) is 12.4. The Bertz CT molecular complexity index is 1070. The maximum absolute atomic E-state index is 13.4. The average molecular weight is 562 g/mol. The first-order valence-corrected chi connectivity index (χ1v) is 13.2. The molecule has 1 atom stereocenters. The van der Waals surface area contributed by atoms with E-state index in [0.717, 1.165) is 41.5 Å². The lowest BCUT2D eigenvalue weighted by Crippen LogP contribution is -2.56. The Hall–Kier alpha value is -2.42. The number of nitrogens with zero attached hydrogens (tertiary/aromatic N) is 1. The molecule has 1 heterocycles. The largest absolute Gasteiger partial charge is 0.490 e. The number of nitrogens with one attached hydrogen (secondary N) is 1. The van der Waals surface area contributed by atoms with Crippen molar-refractivity contribution in [3.63, 3.8) is 0 Å². The Morgan fingerprint density at radius 1 is 1.08 bits per heavy atom. The van der Waals surface area contributed by atoms with E-state index in [1.165, 1.54) is 5.01 Å². The lowest BCUT2D eigenvalue weighted by molar-refractivity contribution is -0.165. The molecule has 0 radical (unpaired) electrons. The molecule has 2 amide bonds. The van der Waals surface area contributed by atoms with Crippen LogP contribution in [0.4, 0.5) is 0 Å². The van der Waals surface area contributed by atoms with Gasteiger partial charge in [-0.2, -0.15) is 0 Å². The minimum Gasteiger partial charge on any atom is -0.490 e. The summed E-state index contributed by atoms with van der Waals surface area (Å²) in [6, 6.07) is 9.16. The third-order valence-corrected chi connectivity index (χ3v) is 6.55. The van der Waals surface area contributed by atoms with Crippen molar-refractivity contribution < 1.29 is 23.8 Å². The number of aryl methyl sites for hydroxylation is 2. The summed E-state index contributed by atoms with van der Waals surface area (Å²) in [6.45, 7) is 12.8. The number of hydrogen-bond acceptors (Lipinski definition) is 5. The standard InChI is InChI=1S/C28H37BrN2O5/c1-18-15-19(2)17-21(16-18)27(33)31(28(4,5)6)30-26(32)22-10-11-23(29)25(20(22)3)36-14-13-35-24-9-7-8-12-34-24/h10-11,15-17,24H,7-9,12-14H2,1-6H3,(H,30,32). The molecule has 36 heavy (non-hydrogen) atoms. The number of benzene rings is 2. The lowest BCUT2D eigenvalue weighted by Gasteiger charge is -2.35. The maximum Gasteiger partial charge on any atom is 0.272 e. The molecule has 0 aliphatic carbocycles. The molecule has 196 valence electrons. The second-order valence-corrected chi connectivity index (χ2v) is 11.0. The highest BCUT2D eigenvalue weighted by Crippen LogP contribution is 2.31. The molecule has 0 bridgehead atoms. The zero-order valence-corrected chi connectivity index (χ0v) is 23.7. The number of halogens is 1. The number of carbonyl (C=O) groups excluding carboxylic acids is 2. The van der Waals surface area contributed by atoms with Gasteiger partial charge in [-0.25, -0.2) is 5.01 Å². The molecule has 8 heteroatoms. The maximum atomic E-state index is 13.4. The van der Waals surface area contributed by atoms with Crippen molar-refractivity contribution in [3.05, 3.63) is 62.6 Å². The molecule has 1 unspecified atom stereocenters. The summed E-state index contributed by atoms with van der Waals surface area (Å²) in [4.78, 5) is 26.8. The second-order valence-electron chi connectivity index (χ2n) is 10.2. The normalized spacial score (nSPS) is 15.9. The van der Waals surface area contributed by atoms with Crippen LogP contribution in [0.15, 0.2) is 34.8 Å². The predicted octanol–water partition coefficient (Wildman–Crippen LogP) is 5.88. The third-order valence-electron chi connectivity index (χ3n) is 5.93. The van der Waals surface area contributed by atoms with Crippen LogP contribution in [0, 0.1) is 20.8 Å². The number of amides is 2. The van der Waals surface area contributed by atoms with E-state index in [0.29, 0.717) is 35.7 Å². The summed E-state index contributed by atoms with van der Waals surface area (Å²) >= 11 is 3.52. The van der Waals surface area contributed by atoms with Crippen LogP contribution in [0.3, 0.4) is 0 Å². The topological polar surface area (TPSA) is 77.1 Å². The molecular weight excluding hydrogens is 524 g/mol. The van der Waals surface area contributed by atoms with E-state index in [1.54, 1.807) is 12.1 Å². The van der Waals surface area contributed by atoms with Gasteiger partial charge in [-0.3, -0.25) is 15.0 Å². The fourth-order valence-electron chi connectivity index (χ4n) is 4.16. The zero-order valence-electron chi connectivity index (χ0n) is 22.1. The van der Waals surface area contributed by atoms with Gasteiger partial charge < -0.3 is 14.2 Å². The summed E-state index contributed by atoms with van der Waals surface area (Å²) in [5.41, 5.74) is 5.79. The van der Waals surface area contributed by atoms with Crippen LogP contribution in [0.2, 0.25) is 0 Å². The molecule has 0 saturated carbocycles. The summed E-state index contributed by atoms with van der Waals surface area (Å²) < 4.78 is 18.1. The molecule has 1 fully saturated rings. The molecule has 2 aromatic carbocycles. The van der Waals surface area contributed by atoms with Crippen LogP contribution in [-0.4, -0.2) is 48.5 Å². The van der Waals surface area contributed by atoms with E-state index in [4.69, 9.17) is 14.2 Å². The predicted molar refractivity (Wildman–Crippen MR) is 143 cm³/mol. The number of hydrogen-bond donors (Lipinski definition) is 1. The van der Waals surface area contributed by atoms with E-state index < -0.39 is 5.54 Å². The van der Waals surface area contributed by atoms with E-state index in [1.807, 2.05) is 59.7 Å². The summed E-state index contributed by atoms with van der Waals surface area (Å²) in [5.74, 6) is -0.0842. The fourth-order valence-corrected chi connectivity index (χ4v) is 4.70. The highest BCUT2D eigenvalue weighted by molar-refractivity contribution is 9.10. The average Bonchev–Trinajstić information content (AvgIpc) is 2.80. The highest BCUT2D eigenvalue weighted by Gasteiger charge is 2.30. The number of carbonyl (C=O) groups is 2. The molecule has 1 saturated heterocycles. The molecule has 1 N–H and O–H groups in total. The Balaban J connectivity index is 1.73. The number of hydrazine groups is 1. The SMILES string of the molecule is Cc1cc(C)cc(C(=O)N(NC(=O)c2ccc(Br)c(OCCOC3CCCCO3)c2C)C(C)(C)C)c1. The van der Waals surface area contributed by atoms with Gasteiger partial charge in [0.2, 0.25) is 0 Å². The van der Waals surface area contributed by atoms with Gasteiger partial charge in [0.1, 0.15) is 12.4 Å². The Kier molecular flexibility index (Phi) is 9.55. The van der Waals surface area contributed by atoms with Gasteiger partial charge in [-0.05, 0) is 101 Å². The Morgan fingerprint density at radius 2 is 1.78 bits per heavy atom. The quantitative estimate of drug-likeness (QED) is 0.338. The molecule has 0 aromatic heterocycles. The van der Waals surface area contributed by atoms with E-state index in [-0.39, 0.29) is 18.1 Å². The molecule has 3 rings (SSSR count). The van der Waals surface area contributed by atoms with Crippen LogP contribution in [0.1, 0.15) is 77.4 Å². The van der Waals surface area contributed by atoms with Crippen molar-refractivity contribution in [2.45, 2.75) is 72.6 Å². The highest BCUT2D eigenvalue weighted by atomic mass is 79.9. The Labute approximate surface area is 222 Å². The monoisotopic (exact) mass is 560 g/mol. The zero-order chi connectivity index (χ0) is 26.5. The molecular formula is C28H37BrN2O5. The fraction of sp³-hybridized carbons (Fsp3) is 0.500. The molecule has 0 spiro atoms. The van der Waals surface area contributed by atoms with Crippen LogP contribution in [-0.2, 0) is 9.47 Å². The van der Waals surface area contributed by atoms with E-state index >= 15 is 0 Å². The van der Waals surface area contributed by atoms with Crippen LogP contribution in [0.25, 0.3) is 0 Å². The summed E-state index contributed by atoms with van der Waals surface area (Å²) in [5, 5.41) is 1.39. The lowest BCUT2D eigenvalue weighted by atomic mass is 10.0. The van der Waals surface area contributed by atoms with Gasteiger partial charge in [0.15, 0.2) is 6.29 Å². The van der Waals surface area contributed by atoms with Crippen molar-refractivity contribution in [1.82, 2.24) is 10.4 Å². The van der Waals surface area contributed by atoms with Gasteiger partial charge in [0.05, 0.1) is 16.6 Å². The summed E-state index contributed by atoms with van der Waals surface area (Å²) in [6.07, 6.45) is 2.89. The number of rotatable bonds is 7. The number of ether oxygens (including phenoxy) is 3. The minimum atomic E-state index is -0.647. The van der Waals surface area contributed by atoms with Gasteiger partial charge in [0.25, 0.3) is 11.8 Å². The summed E-state index contributed by atoms with van der Waals surface area (Å²) in [7, 11) is 0. The van der Waals surface area contributed by atoms with Crippen LogP contribution in [0.5, 0.6) is 5.75 Å². The third kappa shape index (κ3) is 7.31. The molecule has 7 nitrogen and oxygen atoms in total. The van der Waals surface area contributed by atoms with Crippen LogP contribution >= 0.6 is 15.9 Å². The Morgan fingerprint density at radius 3 is 2.39 bits per heavy atom. The van der Waals surface area contributed by atoms with Crippen molar-refractivity contribution >= 4 is 27.7 Å². The molecule has 1 aliphatic heterocycles. The van der Waals surface area contributed by atoms with Crippen molar-refractivity contribution in [2.75, 3.05) is 19.8 Å². The first kappa shape index (κ1) is 28.2. The van der Waals surface area contributed by atoms with Crippen molar-refractivity contribution in [3.8, 4) is 5.75 Å². The first-order chi connectivity index (χ1) is 17.0. The van der Waals surface area contributed by atoms with Gasteiger partial charge in [-0.15, -0.1) is 0 Å². The van der Waals surface area contributed by atoms with Gasteiger partial charge >= 0.3 is 0 Å². The van der Waals surface area contributed by atoms with E-state index in [2.05, 4.69) is 21.4 Å². The smallest absolute Gasteiger partial charge is 0.272 e. The van der Waals surface area contributed by atoms with Crippen molar-refractivity contribution in [2.24, 2.45) is 0 Å². The second kappa shape index (κ2) is 12.2. The van der Waals surface area contributed by atoms with E-state index in [9.17, 15) is 9.59 Å². The van der Waals surface area contributed by atoms with Crippen LogP contribution < -0.4 is 10.2 Å². The van der Waals surface area contributed by atoms with Crippen molar-refractivity contribution in [1.29, 1.82) is 0 Å². The van der Waals surface area contributed by atoms with Gasteiger partial charge in [0, 0.05) is 23.3 Å². The molecule has 2 aromatic rings. The van der Waals surface area contributed by atoms with Gasteiger partial charge in [-0.1, -0.05) is 17.2 Å².